The fourth-order valence-electron chi connectivity index (χ4n) is 9.50. The largest absolute Gasteiger partial charge is 0.459 e. The van der Waals surface area contributed by atoms with Gasteiger partial charge in [0.15, 0.2) is 23.3 Å². The molecule has 0 aliphatic carbocycles. The van der Waals surface area contributed by atoms with E-state index in [2.05, 4.69) is 28.2 Å². The van der Waals surface area contributed by atoms with Gasteiger partial charge in [-0.15, -0.1) is 0 Å². The van der Waals surface area contributed by atoms with E-state index in [1.807, 2.05) is 6.07 Å². The Kier molecular flexibility index (Phi) is 7.97. The third-order valence-corrected chi connectivity index (χ3v) is 11.9. The second kappa shape index (κ2) is 12.5. The number of carbonyl (C=O) groups excluding carboxylic acids is 2. The van der Waals surface area contributed by atoms with Crippen LogP contribution in [0.15, 0.2) is 24.3 Å². The number of fused-ring (bicyclic) bond motifs is 4. The summed E-state index contributed by atoms with van der Waals surface area (Å²) in [5.74, 6) is -7.92. The minimum atomic E-state index is -2.01. The van der Waals surface area contributed by atoms with Crippen LogP contribution < -0.4 is 24.8 Å². The van der Waals surface area contributed by atoms with Crippen molar-refractivity contribution in [1.29, 1.82) is 0 Å². The van der Waals surface area contributed by atoms with Crippen molar-refractivity contribution in [3.05, 3.63) is 97.1 Å². The van der Waals surface area contributed by atoms with Crippen molar-refractivity contribution in [3.63, 3.8) is 0 Å². The van der Waals surface area contributed by atoms with Gasteiger partial charge in [0.25, 0.3) is 5.91 Å². The van der Waals surface area contributed by atoms with E-state index in [0.717, 1.165) is 85.3 Å². The van der Waals surface area contributed by atoms with Gasteiger partial charge >= 0.3 is 5.97 Å². The molecular weight excluding hydrogens is 674 g/mol. The highest BCUT2D eigenvalue weighted by Gasteiger charge is 2.42. The van der Waals surface area contributed by atoms with Gasteiger partial charge in [0.1, 0.15) is 30.7 Å². The molecule has 1 saturated heterocycles. The molecule has 1 amide bonds. The molecule has 1 unspecified atom stereocenters. The Labute approximate surface area is 298 Å². The van der Waals surface area contributed by atoms with Crippen LogP contribution in [0.5, 0.6) is 11.5 Å². The molecule has 0 spiro atoms. The molecule has 3 aromatic rings. The molecule has 52 heavy (non-hydrogen) atoms. The van der Waals surface area contributed by atoms with Crippen LogP contribution in [0.3, 0.4) is 0 Å². The number of anilines is 1. The van der Waals surface area contributed by atoms with E-state index in [1.54, 1.807) is 0 Å². The second-order valence-electron chi connectivity index (χ2n) is 15.1. The lowest BCUT2D eigenvalue weighted by Gasteiger charge is -2.42. The number of halogens is 4. The Morgan fingerprint density at radius 2 is 1.60 bits per heavy atom. The van der Waals surface area contributed by atoms with Crippen molar-refractivity contribution in [2.75, 3.05) is 44.2 Å². The predicted octanol–water partition coefficient (Wildman–Crippen LogP) is 5.57. The third-order valence-electron chi connectivity index (χ3n) is 11.9. The molecule has 0 saturated carbocycles. The summed E-state index contributed by atoms with van der Waals surface area (Å²) in [6, 6.07) is 4.14. The zero-order valence-corrected chi connectivity index (χ0v) is 29.2. The zero-order valence-electron chi connectivity index (χ0n) is 29.2. The molecule has 1 atom stereocenters. The summed E-state index contributed by atoms with van der Waals surface area (Å²) < 4.78 is 77.2. The molecule has 6 heterocycles. The SMILES string of the molecule is C=C(C)C(=O)OC1CCN(C(=O)c2c(F)c(F)c(F)c(F)c2C2CCN3CCCc4c5c(cc2c43)C=c2cc3c4c(c2O5)CCC[N+]=4CCC3)CC1. The van der Waals surface area contributed by atoms with Gasteiger partial charge in [0, 0.05) is 96.5 Å². The maximum absolute atomic E-state index is 16.2. The Balaban J connectivity index is 1.16. The molecule has 0 N–H and O–H groups in total. The molecule has 0 bridgehead atoms. The number of amides is 1. The van der Waals surface area contributed by atoms with Gasteiger partial charge in [-0.2, -0.15) is 0 Å². The molecule has 3 aromatic carbocycles. The third kappa shape index (κ3) is 5.09. The molecule has 0 aromatic heterocycles. The lowest BCUT2D eigenvalue weighted by molar-refractivity contribution is -0.146. The summed E-state index contributed by atoms with van der Waals surface area (Å²) in [4.78, 5) is 29.7. The second-order valence-corrected chi connectivity index (χ2v) is 15.1. The number of piperidine rings is 1. The predicted molar refractivity (Wildman–Crippen MR) is 186 cm³/mol. The van der Waals surface area contributed by atoms with Gasteiger partial charge < -0.3 is 19.3 Å². The van der Waals surface area contributed by atoms with Gasteiger partial charge in [-0.1, -0.05) is 6.58 Å². The van der Waals surface area contributed by atoms with E-state index in [0.29, 0.717) is 18.5 Å². The number of rotatable bonds is 4. The summed E-state index contributed by atoms with van der Waals surface area (Å²) in [6.07, 6.45) is 8.07. The van der Waals surface area contributed by atoms with E-state index < -0.39 is 58.3 Å². The van der Waals surface area contributed by atoms with Gasteiger partial charge in [-0.25, -0.2) is 26.9 Å². The summed E-state index contributed by atoms with van der Waals surface area (Å²) in [5.41, 5.74) is 4.82. The van der Waals surface area contributed by atoms with E-state index in [-0.39, 0.29) is 37.9 Å². The number of esters is 1. The highest BCUT2D eigenvalue weighted by atomic mass is 19.2. The number of nitrogens with zero attached hydrogens (tertiary/aromatic N) is 3. The van der Waals surface area contributed by atoms with Crippen LogP contribution in [-0.4, -0.2) is 62.1 Å². The fourth-order valence-corrected chi connectivity index (χ4v) is 9.50. The highest BCUT2D eigenvalue weighted by molar-refractivity contribution is 5.97. The number of carbonyl (C=O) groups is 2. The van der Waals surface area contributed by atoms with Crippen LogP contribution >= 0.6 is 0 Å². The summed E-state index contributed by atoms with van der Waals surface area (Å²) in [5, 5.41) is 2.29. The smallest absolute Gasteiger partial charge is 0.333 e. The van der Waals surface area contributed by atoms with E-state index >= 15 is 17.6 Å². The molecule has 1 fully saturated rings. The molecule has 11 heteroatoms. The lowest BCUT2D eigenvalue weighted by Crippen LogP contribution is -2.45. The number of hydrogen-bond acceptors (Lipinski definition) is 5. The average molecular weight is 715 g/mol. The molecule has 9 rings (SSSR count). The summed E-state index contributed by atoms with van der Waals surface area (Å²) >= 11 is 0. The van der Waals surface area contributed by atoms with Crippen molar-refractivity contribution in [1.82, 2.24) is 9.48 Å². The van der Waals surface area contributed by atoms with Crippen molar-refractivity contribution < 1.29 is 36.6 Å². The summed E-state index contributed by atoms with van der Waals surface area (Å²) in [7, 11) is 0. The Morgan fingerprint density at radius 1 is 0.865 bits per heavy atom. The van der Waals surface area contributed by atoms with Crippen LogP contribution in [0.2, 0.25) is 0 Å². The molecule has 0 radical (unpaired) electrons. The van der Waals surface area contributed by atoms with Crippen LogP contribution in [0.1, 0.15) is 95.1 Å². The minimum absolute atomic E-state index is 0.0638. The summed E-state index contributed by atoms with van der Waals surface area (Å²) in [6.45, 7) is 8.56. The minimum Gasteiger partial charge on any atom is -0.459 e. The number of likely N-dealkylation sites (tertiary alicyclic amines) is 1. The van der Waals surface area contributed by atoms with Crippen molar-refractivity contribution in [2.45, 2.75) is 76.7 Å². The van der Waals surface area contributed by atoms with Crippen LogP contribution in [0, 0.1) is 23.3 Å². The van der Waals surface area contributed by atoms with Crippen LogP contribution in [-0.2, 0) is 28.8 Å². The average Bonchev–Trinajstić information content (AvgIpc) is 3.15. The van der Waals surface area contributed by atoms with Gasteiger partial charge in [0.05, 0.1) is 11.1 Å². The first kappa shape index (κ1) is 33.2. The molecule has 270 valence electrons. The van der Waals surface area contributed by atoms with Crippen molar-refractivity contribution in [2.24, 2.45) is 0 Å². The van der Waals surface area contributed by atoms with Crippen molar-refractivity contribution >= 4 is 23.6 Å². The fraction of sp³-hybridized carbons (Fsp3) is 0.439. The first-order valence-corrected chi connectivity index (χ1v) is 18.5. The van der Waals surface area contributed by atoms with Gasteiger partial charge in [-0.05, 0) is 62.8 Å². The van der Waals surface area contributed by atoms with E-state index in [4.69, 9.17) is 9.47 Å². The normalized spacial score (nSPS) is 20.2. The van der Waals surface area contributed by atoms with E-state index in [1.165, 1.54) is 28.3 Å². The number of ether oxygens (including phenoxy) is 2. The number of benzene rings is 3. The molecule has 6 aliphatic rings. The Hall–Kier alpha value is -4.67. The quantitative estimate of drug-likeness (QED) is 0.0691. The maximum Gasteiger partial charge on any atom is 0.333 e. The zero-order chi connectivity index (χ0) is 36.0. The lowest BCUT2D eigenvalue weighted by atomic mass is 9.77. The molecular formula is C41H40F4N3O4+. The first-order valence-electron chi connectivity index (χ1n) is 18.5. The van der Waals surface area contributed by atoms with Gasteiger partial charge in [-0.3, -0.25) is 4.79 Å². The highest BCUT2D eigenvalue weighted by Crippen LogP contribution is 2.51. The van der Waals surface area contributed by atoms with Crippen LogP contribution in [0.4, 0.5) is 23.2 Å². The molecule has 7 nitrogen and oxygen atoms in total. The monoisotopic (exact) mass is 714 g/mol. The maximum atomic E-state index is 16.2. The number of aryl methyl sites for hydroxylation is 1. The van der Waals surface area contributed by atoms with E-state index in [9.17, 15) is 9.59 Å². The standard InChI is InChI=1S/C41H40F4N3O4/c1-21(2)41(50)51-25-9-15-48(16-10-25)40(49)31-30(32(42)34(44)35(45)33(31)43)26-11-17-47-14-5-8-28-37(47)29(26)20-24-19-23-18-22-6-3-12-46-13-4-7-27(36(22)46)38(23)52-39(24)28/h18-20,25-26H,1,3-17H2,2H3/q+1. The van der Waals surface area contributed by atoms with Crippen molar-refractivity contribution in [3.8, 4) is 11.5 Å². The number of hydrogen-bond donors (Lipinski definition) is 0. The molecule has 6 aliphatic heterocycles. The Morgan fingerprint density at radius 3 is 2.37 bits per heavy atom. The first-order chi connectivity index (χ1) is 25.1. The Bertz CT molecular complexity index is 2240. The van der Waals surface area contributed by atoms with Gasteiger partial charge in [0.2, 0.25) is 5.36 Å². The van der Waals surface area contributed by atoms with Crippen LogP contribution in [0.25, 0.3) is 6.08 Å². The topological polar surface area (TPSA) is 62.1 Å².